The molecule has 1 saturated carbocycles. The van der Waals surface area contributed by atoms with Crippen LogP contribution >= 0.6 is 11.6 Å². The number of aliphatic hydroxyl groups is 1. The van der Waals surface area contributed by atoms with Gasteiger partial charge < -0.3 is 19.7 Å². The SMILES string of the molecule is CC(C)n1c([C@@H]2CCC(F)(F)C2)nc2c(F)cc(-c3nc(N[C@@H]4CCOC[C@H]4O)ncc3Cl)cc21. The summed E-state index contributed by atoms with van der Waals surface area (Å²) in [4.78, 5) is 13.2. The van der Waals surface area contributed by atoms with Gasteiger partial charge in [0.05, 0.1) is 41.2 Å². The number of benzene rings is 1. The van der Waals surface area contributed by atoms with E-state index in [0.29, 0.717) is 42.0 Å². The molecule has 1 aliphatic heterocycles. The van der Waals surface area contributed by atoms with E-state index in [1.165, 1.54) is 12.3 Å². The van der Waals surface area contributed by atoms with Gasteiger partial charge in [-0.2, -0.15) is 0 Å². The molecule has 35 heavy (non-hydrogen) atoms. The molecule has 2 aliphatic rings. The van der Waals surface area contributed by atoms with Crippen molar-refractivity contribution in [1.82, 2.24) is 19.5 Å². The largest absolute Gasteiger partial charge is 0.389 e. The number of hydrogen-bond acceptors (Lipinski definition) is 6. The van der Waals surface area contributed by atoms with Crippen LogP contribution in [0.3, 0.4) is 0 Å². The first-order valence-corrected chi connectivity index (χ1v) is 12.1. The van der Waals surface area contributed by atoms with E-state index in [-0.39, 0.29) is 48.0 Å². The first-order valence-electron chi connectivity index (χ1n) is 11.8. The van der Waals surface area contributed by atoms with Gasteiger partial charge in [-0.1, -0.05) is 11.6 Å². The predicted octanol–water partition coefficient (Wildman–Crippen LogP) is 5.33. The number of rotatable bonds is 5. The molecule has 1 aliphatic carbocycles. The van der Waals surface area contributed by atoms with E-state index in [0.717, 1.165) is 0 Å². The van der Waals surface area contributed by atoms with Crippen LogP contribution in [-0.2, 0) is 4.74 Å². The number of aromatic nitrogens is 4. The Kier molecular flexibility index (Phi) is 6.39. The monoisotopic (exact) mass is 509 g/mol. The molecule has 2 fully saturated rings. The Bertz CT molecular complexity index is 1250. The number of nitrogens with one attached hydrogen (secondary N) is 1. The Balaban J connectivity index is 1.56. The molecule has 0 amide bonds. The zero-order chi connectivity index (χ0) is 24.9. The van der Waals surface area contributed by atoms with Crippen LogP contribution < -0.4 is 5.32 Å². The molecule has 3 aromatic rings. The maximum absolute atomic E-state index is 15.3. The van der Waals surface area contributed by atoms with Crippen molar-refractivity contribution in [3.05, 3.63) is 35.0 Å². The van der Waals surface area contributed by atoms with Gasteiger partial charge in [0.1, 0.15) is 11.3 Å². The van der Waals surface area contributed by atoms with Crippen molar-refractivity contribution >= 4 is 28.6 Å². The van der Waals surface area contributed by atoms with Crippen molar-refractivity contribution in [3.8, 4) is 11.3 Å². The summed E-state index contributed by atoms with van der Waals surface area (Å²) in [5.74, 6) is -3.02. The molecule has 0 radical (unpaired) electrons. The van der Waals surface area contributed by atoms with Crippen LogP contribution in [-0.4, -0.2) is 55.9 Å². The van der Waals surface area contributed by atoms with Crippen molar-refractivity contribution in [2.24, 2.45) is 0 Å². The molecule has 3 heterocycles. The van der Waals surface area contributed by atoms with Crippen LogP contribution in [0.2, 0.25) is 5.02 Å². The van der Waals surface area contributed by atoms with E-state index in [9.17, 15) is 13.9 Å². The second-order valence-corrected chi connectivity index (χ2v) is 10.0. The number of halogens is 4. The van der Waals surface area contributed by atoms with E-state index in [1.54, 1.807) is 6.07 Å². The number of hydrogen-bond donors (Lipinski definition) is 2. The average molecular weight is 510 g/mol. The van der Waals surface area contributed by atoms with E-state index < -0.39 is 23.8 Å². The molecule has 11 heteroatoms. The summed E-state index contributed by atoms with van der Waals surface area (Å²) >= 11 is 6.40. The van der Waals surface area contributed by atoms with Crippen molar-refractivity contribution in [3.63, 3.8) is 0 Å². The fourth-order valence-corrected chi connectivity index (χ4v) is 5.20. The van der Waals surface area contributed by atoms with Gasteiger partial charge in [-0.05, 0) is 38.8 Å². The van der Waals surface area contributed by atoms with Gasteiger partial charge in [-0.3, -0.25) is 0 Å². The Morgan fingerprint density at radius 2 is 2.06 bits per heavy atom. The molecule has 0 bridgehead atoms. The van der Waals surface area contributed by atoms with Crippen molar-refractivity contribution in [2.45, 2.75) is 69.6 Å². The molecule has 1 saturated heterocycles. The van der Waals surface area contributed by atoms with Gasteiger partial charge in [-0.25, -0.2) is 28.1 Å². The summed E-state index contributed by atoms with van der Waals surface area (Å²) < 4.78 is 50.3. The Hall–Kier alpha value is -2.43. The number of anilines is 1. The third kappa shape index (κ3) is 4.71. The van der Waals surface area contributed by atoms with Crippen LogP contribution in [0.25, 0.3) is 22.3 Å². The smallest absolute Gasteiger partial charge is 0.248 e. The molecular formula is C24H27ClF3N5O2. The van der Waals surface area contributed by atoms with Gasteiger partial charge >= 0.3 is 0 Å². The van der Waals surface area contributed by atoms with Gasteiger partial charge in [0.15, 0.2) is 5.82 Å². The minimum absolute atomic E-state index is 0.119. The molecule has 188 valence electrons. The zero-order valence-corrected chi connectivity index (χ0v) is 20.2. The number of fused-ring (bicyclic) bond motifs is 1. The summed E-state index contributed by atoms with van der Waals surface area (Å²) in [6.07, 6.45) is 1.12. The van der Waals surface area contributed by atoms with Crippen LogP contribution in [0.1, 0.15) is 57.3 Å². The molecular weight excluding hydrogens is 483 g/mol. The van der Waals surface area contributed by atoms with E-state index in [4.69, 9.17) is 16.3 Å². The fraction of sp³-hybridized carbons (Fsp3) is 0.542. The van der Waals surface area contributed by atoms with Gasteiger partial charge in [0.25, 0.3) is 0 Å². The van der Waals surface area contributed by atoms with Crippen LogP contribution in [0.5, 0.6) is 0 Å². The minimum Gasteiger partial charge on any atom is -0.389 e. The lowest BCUT2D eigenvalue weighted by Crippen LogP contribution is -2.42. The first kappa shape index (κ1) is 24.3. The zero-order valence-electron chi connectivity index (χ0n) is 19.4. The molecule has 2 aromatic heterocycles. The maximum Gasteiger partial charge on any atom is 0.248 e. The van der Waals surface area contributed by atoms with E-state index >= 15 is 4.39 Å². The highest BCUT2D eigenvalue weighted by Crippen LogP contribution is 2.45. The summed E-state index contributed by atoms with van der Waals surface area (Å²) in [7, 11) is 0. The van der Waals surface area contributed by atoms with Crippen molar-refractivity contribution in [1.29, 1.82) is 0 Å². The standard InChI is InChI=1S/C24H27ClF3N5O2/c1-12(2)33-18-8-14(7-16(26)21(18)31-22(33)13-3-5-24(27,28)9-13)20-15(25)10-29-23(32-20)30-17-4-6-35-11-19(17)34/h7-8,10,12-13,17,19,34H,3-6,9,11H2,1-2H3,(H,29,30,32)/t13-,17-,19-/m1/s1. The highest BCUT2D eigenvalue weighted by molar-refractivity contribution is 6.33. The van der Waals surface area contributed by atoms with Gasteiger partial charge in [0, 0.05) is 37.0 Å². The Morgan fingerprint density at radius 3 is 2.74 bits per heavy atom. The number of alkyl halides is 2. The maximum atomic E-state index is 15.3. The van der Waals surface area contributed by atoms with E-state index in [1.807, 2.05) is 18.4 Å². The first-order chi connectivity index (χ1) is 16.6. The van der Waals surface area contributed by atoms with Crippen molar-refractivity contribution in [2.75, 3.05) is 18.5 Å². The Morgan fingerprint density at radius 1 is 1.26 bits per heavy atom. The normalized spacial score (nSPS) is 24.4. The summed E-state index contributed by atoms with van der Waals surface area (Å²) in [5, 5.41) is 13.5. The average Bonchev–Trinajstić information content (AvgIpc) is 3.36. The Labute approximate surface area is 205 Å². The van der Waals surface area contributed by atoms with Gasteiger partial charge in [-0.15, -0.1) is 0 Å². The number of imidazole rings is 1. The van der Waals surface area contributed by atoms with Crippen LogP contribution in [0.4, 0.5) is 19.1 Å². The third-order valence-corrected chi connectivity index (χ3v) is 7.00. The summed E-state index contributed by atoms with van der Waals surface area (Å²) in [6.45, 7) is 4.56. The lowest BCUT2D eigenvalue weighted by molar-refractivity contribution is -0.0136. The quantitative estimate of drug-likeness (QED) is 0.483. The highest BCUT2D eigenvalue weighted by atomic mass is 35.5. The fourth-order valence-electron chi connectivity index (χ4n) is 5.00. The van der Waals surface area contributed by atoms with Crippen LogP contribution in [0, 0.1) is 5.82 Å². The molecule has 3 atom stereocenters. The predicted molar refractivity (Wildman–Crippen MR) is 127 cm³/mol. The molecule has 1 aromatic carbocycles. The molecule has 5 rings (SSSR count). The second-order valence-electron chi connectivity index (χ2n) is 9.63. The molecule has 7 nitrogen and oxygen atoms in total. The van der Waals surface area contributed by atoms with Crippen LogP contribution in [0.15, 0.2) is 18.3 Å². The van der Waals surface area contributed by atoms with E-state index in [2.05, 4.69) is 20.3 Å². The molecule has 2 N–H and O–H groups in total. The topological polar surface area (TPSA) is 85.1 Å². The highest BCUT2D eigenvalue weighted by Gasteiger charge is 2.42. The van der Waals surface area contributed by atoms with Crippen molar-refractivity contribution < 1.29 is 23.0 Å². The minimum atomic E-state index is -2.73. The second kappa shape index (κ2) is 9.22. The lowest BCUT2D eigenvalue weighted by atomic mass is 10.1. The number of nitrogens with zero attached hydrogens (tertiary/aromatic N) is 4. The lowest BCUT2D eigenvalue weighted by Gasteiger charge is -2.28. The number of ether oxygens (including phenoxy) is 1. The number of aliphatic hydroxyl groups excluding tert-OH is 1. The van der Waals surface area contributed by atoms with Gasteiger partial charge in [0.2, 0.25) is 11.9 Å². The third-order valence-electron chi connectivity index (χ3n) is 6.72. The summed E-state index contributed by atoms with van der Waals surface area (Å²) in [6, 6.07) is 2.64. The summed E-state index contributed by atoms with van der Waals surface area (Å²) in [5.41, 5.74) is 1.38. The molecule has 0 unspecified atom stereocenters. The molecule has 0 spiro atoms.